The molecule has 0 saturated heterocycles. The summed E-state index contributed by atoms with van der Waals surface area (Å²) < 4.78 is 10.9. The standard InChI is InChI=1S/C18H16N4O3/c1-24-18(23)15-16(14-10-6-5-9-13(14)11-20-22-19)25-17(21-15)12-7-3-2-4-8-12/h2-10,15-16H,11H2,1H3. The van der Waals surface area contributed by atoms with Crippen molar-refractivity contribution in [3.8, 4) is 0 Å². The molecule has 0 aliphatic carbocycles. The molecule has 2 aromatic carbocycles. The first-order valence-electron chi connectivity index (χ1n) is 7.71. The average molecular weight is 336 g/mol. The van der Waals surface area contributed by atoms with Gasteiger partial charge in [-0.1, -0.05) is 47.6 Å². The van der Waals surface area contributed by atoms with Gasteiger partial charge >= 0.3 is 5.97 Å². The Bertz CT molecular complexity index is 844. The van der Waals surface area contributed by atoms with Gasteiger partial charge in [0.1, 0.15) is 0 Å². The monoisotopic (exact) mass is 336 g/mol. The predicted octanol–water partition coefficient (Wildman–Crippen LogP) is 3.56. The van der Waals surface area contributed by atoms with Crippen LogP contribution in [0.2, 0.25) is 0 Å². The zero-order chi connectivity index (χ0) is 17.6. The highest BCUT2D eigenvalue weighted by Gasteiger charge is 2.39. The molecule has 1 aliphatic heterocycles. The highest BCUT2D eigenvalue weighted by atomic mass is 16.5. The third-order valence-electron chi connectivity index (χ3n) is 3.91. The van der Waals surface area contributed by atoms with E-state index in [1.165, 1.54) is 7.11 Å². The molecule has 7 nitrogen and oxygen atoms in total. The molecule has 0 radical (unpaired) electrons. The molecule has 0 amide bonds. The van der Waals surface area contributed by atoms with Crippen LogP contribution in [0.5, 0.6) is 0 Å². The van der Waals surface area contributed by atoms with Crippen LogP contribution in [0.4, 0.5) is 0 Å². The molecule has 0 saturated carbocycles. The van der Waals surface area contributed by atoms with E-state index in [2.05, 4.69) is 15.0 Å². The van der Waals surface area contributed by atoms with Crippen LogP contribution in [0.3, 0.4) is 0 Å². The minimum atomic E-state index is -0.813. The van der Waals surface area contributed by atoms with Gasteiger partial charge in [-0.3, -0.25) is 0 Å². The maximum Gasteiger partial charge on any atom is 0.335 e. The minimum Gasteiger partial charge on any atom is -0.467 e. The van der Waals surface area contributed by atoms with Crippen molar-refractivity contribution in [2.75, 3.05) is 7.11 Å². The summed E-state index contributed by atoms with van der Waals surface area (Å²) in [5, 5.41) is 3.61. The van der Waals surface area contributed by atoms with Crippen molar-refractivity contribution in [3.63, 3.8) is 0 Å². The minimum absolute atomic E-state index is 0.168. The molecule has 126 valence electrons. The van der Waals surface area contributed by atoms with E-state index in [0.29, 0.717) is 5.90 Å². The number of rotatable bonds is 5. The van der Waals surface area contributed by atoms with E-state index in [9.17, 15) is 4.79 Å². The van der Waals surface area contributed by atoms with E-state index in [1.54, 1.807) is 0 Å². The highest BCUT2D eigenvalue weighted by Crippen LogP contribution is 2.34. The summed E-state index contributed by atoms with van der Waals surface area (Å²) in [5.74, 6) is -0.0888. The Labute approximate surface area is 144 Å². The molecule has 7 heteroatoms. The third kappa shape index (κ3) is 3.46. The molecule has 2 aromatic rings. The lowest BCUT2D eigenvalue weighted by Crippen LogP contribution is -2.26. The Hall–Kier alpha value is -3.31. The molecule has 0 aromatic heterocycles. The van der Waals surface area contributed by atoms with Gasteiger partial charge in [0.15, 0.2) is 12.1 Å². The van der Waals surface area contributed by atoms with Gasteiger partial charge < -0.3 is 9.47 Å². The summed E-state index contributed by atoms with van der Waals surface area (Å²) in [5.41, 5.74) is 10.9. The molecular weight excluding hydrogens is 320 g/mol. The summed E-state index contributed by atoms with van der Waals surface area (Å²) in [6.07, 6.45) is -0.632. The zero-order valence-corrected chi connectivity index (χ0v) is 13.6. The Morgan fingerprint density at radius 1 is 1.24 bits per heavy atom. The first-order chi connectivity index (χ1) is 12.2. The SMILES string of the molecule is COC(=O)C1N=C(c2ccccc2)OC1c1ccccc1CN=[N+]=[N-]. The molecule has 3 rings (SSSR count). The number of carbonyl (C=O) groups is 1. The highest BCUT2D eigenvalue weighted by molar-refractivity contribution is 5.98. The lowest BCUT2D eigenvalue weighted by molar-refractivity contribution is -0.143. The largest absolute Gasteiger partial charge is 0.467 e. The van der Waals surface area contributed by atoms with E-state index in [0.717, 1.165) is 16.7 Å². The molecule has 0 spiro atoms. The number of benzene rings is 2. The molecule has 0 bridgehead atoms. The van der Waals surface area contributed by atoms with Crippen LogP contribution in [0.15, 0.2) is 64.7 Å². The molecule has 1 heterocycles. The van der Waals surface area contributed by atoms with Crippen molar-refractivity contribution in [3.05, 3.63) is 81.7 Å². The van der Waals surface area contributed by atoms with E-state index in [-0.39, 0.29) is 6.54 Å². The third-order valence-corrected chi connectivity index (χ3v) is 3.91. The average Bonchev–Trinajstić information content (AvgIpc) is 3.12. The fourth-order valence-corrected chi connectivity index (χ4v) is 2.73. The number of azide groups is 1. The Morgan fingerprint density at radius 2 is 1.96 bits per heavy atom. The maximum atomic E-state index is 12.2. The summed E-state index contributed by atoms with van der Waals surface area (Å²) >= 11 is 0. The number of carbonyl (C=O) groups excluding carboxylic acids is 1. The number of esters is 1. The second kappa shape index (κ2) is 7.51. The molecule has 2 atom stereocenters. The van der Waals surface area contributed by atoms with Crippen LogP contribution in [-0.2, 0) is 20.8 Å². The second-order valence-corrected chi connectivity index (χ2v) is 5.39. The lowest BCUT2D eigenvalue weighted by Gasteiger charge is -2.19. The molecule has 2 unspecified atom stereocenters. The van der Waals surface area contributed by atoms with Crippen LogP contribution >= 0.6 is 0 Å². The first-order valence-corrected chi connectivity index (χ1v) is 7.71. The van der Waals surface area contributed by atoms with Gasteiger partial charge in [0.2, 0.25) is 5.90 Å². The number of aliphatic imine (C=N–C) groups is 1. The van der Waals surface area contributed by atoms with Crippen molar-refractivity contribution in [1.29, 1.82) is 0 Å². The van der Waals surface area contributed by atoms with E-state index < -0.39 is 18.1 Å². The predicted molar refractivity (Wildman–Crippen MR) is 91.9 cm³/mol. The zero-order valence-electron chi connectivity index (χ0n) is 13.6. The molecular formula is C18H16N4O3. The lowest BCUT2D eigenvalue weighted by atomic mass is 9.97. The van der Waals surface area contributed by atoms with Crippen molar-refractivity contribution in [2.45, 2.75) is 18.7 Å². The van der Waals surface area contributed by atoms with E-state index >= 15 is 0 Å². The van der Waals surface area contributed by atoms with Crippen LogP contribution < -0.4 is 0 Å². The fourth-order valence-electron chi connectivity index (χ4n) is 2.73. The number of hydrogen-bond acceptors (Lipinski definition) is 5. The number of ether oxygens (including phenoxy) is 2. The van der Waals surface area contributed by atoms with Crippen molar-refractivity contribution in [1.82, 2.24) is 0 Å². The van der Waals surface area contributed by atoms with Gasteiger partial charge in [0.05, 0.1) is 13.7 Å². The quantitative estimate of drug-likeness (QED) is 0.361. The number of methoxy groups -OCH3 is 1. The van der Waals surface area contributed by atoms with Gasteiger partial charge in [-0.25, -0.2) is 9.79 Å². The van der Waals surface area contributed by atoms with Gasteiger partial charge in [-0.15, -0.1) is 0 Å². The van der Waals surface area contributed by atoms with Gasteiger partial charge in [-0.05, 0) is 28.8 Å². The molecule has 0 N–H and O–H groups in total. The van der Waals surface area contributed by atoms with Crippen molar-refractivity contribution >= 4 is 11.9 Å². The van der Waals surface area contributed by atoms with Crippen LogP contribution in [-0.4, -0.2) is 25.0 Å². The summed E-state index contributed by atoms with van der Waals surface area (Å²) in [7, 11) is 1.32. The Balaban J connectivity index is 1.99. The number of nitrogens with zero attached hydrogens (tertiary/aromatic N) is 4. The summed E-state index contributed by atoms with van der Waals surface area (Å²) in [4.78, 5) is 19.4. The normalized spacial score (nSPS) is 18.7. The second-order valence-electron chi connectivity index (χ2n) is 5.39. The number of hydrogen-bond donors (Lipinski definition) is 0. The molecule has 0 fully saturated rings. The smallest absolute Gasteiger partial charge is 0.335 e. The fraction of sp³-hybridized carbons (Fsp3) is 0.222. The van der Waals surface area contributed by atoms with Crippen LogP contribution in [0.25, 0.3) is 10.4 Å². The van der Waals surface area contributed by atoms with Gasteiger partial charge in [0.25, 0.3) is 0 Å². The Morgan fingerprint density at radius 3 is 2.68 bits per heavy atom. The molecule has 1 aliphatic rings. The van der Waals surface area contributed by atoms with Gasteiger partial charge in [-0.2, -0.15) is 0 Å². The summed E-state index contributed by atoms with van der Waals surface area (Å²) in [6.45, 7) is 0.168. The van der Waals surface area contributed by atoms with Crippen LogP contribution in [0.1, 0.15) is 22.8 Å². The summed E-state index contributed by atoms with van der Waals surface area (Å²) in [6, 6.07) is 15.9. The van der Waals surface area contributed by atoms with Crippen molar-refractivity contribution in [2.24, 2.45) is 10.1 Å². The Kier molecular flexibility index (Phi) is 4.97. The van der Waals surface area contributed by atoms with Crippen molar-refractivity contribution < 1.29 is 14.3 Å². The molecule has 25 heavy (non-hydrogen) atoms. The maximum absolute atomic E-state index is 12.2. The van der Waals surface area contributed by atoms with E-state index in [4.69, 9.17) is 15.0 Å². The van der Waals surface area contributed by atoms with E-state index in [1.807, 2.05) is 54.6 Å². The first kappa shape index (κ1) is 16.5. The van der Waals surface area contributed by atoms with Crippen LogP contribution in [0, 0.1) is 0 Å². The topological polar surface area (TPSA) is 96.6 Å². The van der Waals surface area contributed by atoms with Gasteiger partial charge in [0, 0.05) is 10.5 Å².